The summed E-state index contributed by atoms with van der Waals surface area (Å²) in [6.07, 6.45) is 1.78. The molecule has 2 rings (SSSR count). The molecule has 1 aromatic carbocycles. The smallest absolute Gasteiger partial charge is 0.148 e. The first-order chi connectivity index (χ1) is 9.20. The second kappa shape index (κ2) is 6.91. The highest BCUT2D eigenvalue weighted by molar-refractivity contribution is 9.11. The summed E-state index contributed by atoms with van der Waals surface area (Å²) >= 11 is 6.96. The van der Waals surface area contributed by atoms with Gasteiger partial charge in [0, 0.05) is 12.7 Å². The van der Waals surface area contributed by atoms with Crippen molar-refractivity contribution in [3.8, 4) is 5.75 Å². The molecule has 19 heavy (non-hydrogen) atoms. The first kappa shape index (κ1) is 14.3. The summed E-state index contributed by atoms with van der Waals surface area (Å²) in [6, 6.07) is 9.81. The average molecular weight is 386 g/mol. The van der Waals surface area contributed by atoms with Gasteiger partial charge in [-0.15, -0.1) is 0 Å². The summed E-state index contributed by atoms with van der Waals surface area (Å²) in [7, 11) is 0. The van der Waals surface area contributed by atoms with Crippen LogP contribution in [0.3, 0.4) is 0 Å². The third-order valence-electron chi connectivity index (χ3n) is 2.48. The lowest BCUT2D eigenvalue weighted by atomic mass is 10.2. The van der Waals surface area contributed by atoms with Crippen molar-refractivity contribution in [2.75, 3.05) is 11.9 Å². The fourth-order valence-corrected chi connectivity index (χ4v) is 2.85. The highest BCUT2D eigenvalue weighted by atomic mass is 79.9. The van der Waals surface area contributed by atoms with Crippen LogP contribution in [-0.4, -0.2) is 11.5 Å². The quantitative estimate of drug-likeness (QED) is 0.815. The third kappa shape index (κ3) is 3.94. The first-order valence-electron chi connectivity index (χ1n) is 5.96. The second-order valence-electron chi connectivity index (χ2n) is 3.92. The summed E-state index contributed by atoms with van der Waals surface area (Å²) < 4.78 is 7.70. The van der Waals surface area contributed by atoms with Crippen molar-refractivity contribution in [3.63, 3.8) is 0 Å². The minimum Gasteiger partial charge on any atom is -0.487 e. The number of rotatable bonds is 5. The summed E-state index contributed by atoms with van der Waals surface area (Å²) in [5.41, 5.74) is 1.08. The van der Waals surface area contributed by atoms with E-state index in [0.29, 0.717) is 6.61 Å². The normalized spacial score (nSPS) is 10.3. The van der Waals surface area contributed by atoms with Crippen LogP contribution in [0.5, 0.6) is 5.75 Å². The van der Waals surface area contributed by atoms with Gasteiger partial charge in [0.15, 0.2) is 0 Å². The maximum atomic E-state index is 5.84. The topological polar surface area (TPSA) is 34.1 Å². The Bertz CT molecular complexity index is 541. The van der Waals surface area contributed by atoms with E-state index in [1.165, 1.54) is 0 Å². The Balaban J connectivity index is 2.08. The Morgan fingerprint density at radius 1 is 1.21 bits per heavy atom. The van der Waals surface area contributed by atoms with Crippen molar-refractivity contribution in [1.29, 1.82) is 0 Å². The molecule has 0 aliphatic carbocycles. The Kier molecular flexibility index (Phi) is 5.22. The Morgan fingerprint density at radius 3 is 2.63 bits per heavy atom. The van der Waals surface area contributed by atoms with Crippen LogP contribution in [0.1, 0.15) is 12.5 Å². The molecular formula is C14H14Br2N2O. The van der Waals surface area contributed by atoms with Crippen LogP contribution in [-0.2, 0) is 6.61 Å². The van der Waals surface area contributed by atoms with E-state index < -0.39 is 0 Å². The summed E-state index contributed by atoms with van der Waals surface area (Å²) in [4.78, 5) is 4.23. The molecule has 0 unspecified atom stereocenters. The molecule has 5 heteroatoms. The summed E-state index contributed by atoms with van der Waals surface area (Å²) in [6.45, 7) is 3.40. The highest BCUT2D eigenvalue weighted by Gasteiger charge is 2.06. The largest absolute Gasteiger partial charge is 0.487 e. The number of hydrogen-bond acceptors (Lipinski definition) is 3. The number of ether oxygens (including phenoxy) is 1. The molecule has 1 N–H and O–H groups in total. The zero-order valence-corrected chi connectivity index (χ0v) is 13.7. The van der Waals surface area contributed by atoms with Crippen LogP contribution in [0.4, 0.5) is 5.82 Å². The molecule has 0 saturated carbocycles. The van der Waals surface area contributed by atoms with Crippen LogP contribution in [0.2, 0.25) is 0 Å². The molecular weight excluding hydrogens is 372 g/mol. The highest BCUT2D eigenvalue weighted by Crippen LogP contribution is 2.33. The van der Waals surface area contributed by atoms with E-state index in [9.17, 15) is 0 Å². The van der Waals surface area contributed by atoms with Gasteiger partial charge in [-0.3, -0.25) is 0 Å². The standard InChI is InChI=1S/C14H14Br2N2O/c1-2-17-13-8-10(6-7-18-13)9-19-14-11(15)4-3-5-12(14)16/h3-8H,2,9H2,1H3,(H,17,18). The van der Waals surface area contributed by atoms with E-state index in [4.69, 9.17) is 4.74 Å². The second-order valence-corrected chi connectivity index (χ2v) is 5.63. The summed E-state index contributed by atoms with van der Waals surface area (Å²) in [5.74, 6) is 1.68. The van der Waals surface area contributed by atoms with Crippen molar-refractivity contribution in [3.05, 3.63) is 51.0 Å². The number of aromatic nitrogens is 1. The van der Waals surface area contributed by atoms with E-state index in [1.54, 1.807) is 6.20 Å². The molecule has 0 aliphatic rings. The Morgan fingerprint density at radius 2 is 1.95 bits per heavy atom. The monoisotopic (exact) mass is 384 g/mol. The van der Waals surface area contributed by atoms with Gasteiger partial charge in [-0.25, -0.2) is 4.98 Å². The number of para-hydroxylation sites is 1. The predicted molar refractivity (Wildman–Crippen MR) is 84.6 cm³/mol. The van der Waals surface area contributed by atoms with Crippen LogP contribution in [0.25, 0.3) is 0 Å². The SMILES string of the molecule is CCNc1cc(COc2c(Br)cccc2Br)ccn1. The maximum Gasteiger partial charge on any atom is 0.148 e. The molecule has 100 valence electrons. The Hall–Kier alpha value is -1.07. The molecule has 0 atom stereocenters. The molecule has 1 aromatic heterocycles. The van der Waals surface area contributed by atoms with Gasteiger partial charge in [0.25, 0.3) is 0 Å². The fraction of sp³-hybridized carbons (Fsp3) is 0.214. The summed E-state index contributed by atoms with van der Waals surface area (Å²) in [5, 5.41) is 3.18. The van der Waals surface area contributed by atoms with Crippen molar-refractivity contribution >= 4 is 37.7 Å². The molecule has 0 radical (unpaired) electrons. The minimum atomic E-state index is 0.502. The lowest BCUT2D eigenvalue weighted by molar-refractivity contribution is 0.302. The zero-order chi connectivity index (χ0) is 13.7. The number of anilines is 1. The molecule has 0 spiro atoms. The minimum absolute atomic E-state index is 0.502. The maximum absolute atomic E-state index is 5.84. The number of halogens is 2. The van der Waals surface area contributed by atoms with Crippen LogP contribution < -0.4 is 10.1 Å². The van der Waals surface area contributed by atoms with E-state index in [0.717, 1.165) is 32.6 Å². The number of pyridine rings is 1. The fourth-order valence-electron chi connectivity index (χ4n) is 1.62. The number of nitrogens with one attached hydrogen (secondary N) is 1. The van der Waals surface area contributed by atoms with Gasteiger partial charge in [-0.1, -0.05) is 6.07 Å². The molecule has 0 amide bonds. The number of hydrogen-bond donors (Lipinski definition) is 1. The lowest BCUT2D eigenvalue weighted by Crippen LogP contribution is -2.02. The molecule has 3 nitrogen and oxygen atoms in total. The van der Waals surface area contributed by atoms with Crippen LogP contribution in [0, 0.1) is 0 Å². The molecule has 0 aliphatic heterocycles. The van der Waals surface area contributed by atoms with Crippen molar-refractivity contribution in [2.45, 2.75) is 13.5 Å². The van der Waals surface area contributed by atoms with Crippen molar-refractivity contribution < 1.29 is 4.74 Å². The van der Waals surface area contributed by atoms with Gasteiger partial charge in [0.2, 0.25) is 0 Å². The van der Waals surface area contributed by atoms with Gasteiger partial charge in [-0.05, 0) is 68.6 Å². The zero-order valence-electron chi connectivity index (χ0n) is 10.5. The van der Waals surface area contributed by atoms with Gasteiger partial charge < -0.3 is 10.1 Å². The average Bonchev–Trinajstić information content (AvgIpc) is 2.39. The lowest BCUT2D eigenvalue weighted by Gasteiger charge is -2.11. The molecule has 2 aromatic rings. The van der Waals surface area contributed by atoms with Gasteiger partial charge in [0.05, 0.1) is 8.95 Å². The van der Waals surface area contributed by atoms with Crippen molar-refractivity contribution in [2.24, 2.45) is 0 Å². The third-order valence-corrected chi connectivity index (χ3v) is 3.73. The van der Waals surface area contributed by atoms with E-state index in [-0.39, 0.29) is 0 Å². The molecule has 0 fully saturated rings. The van der Waals surface area contributed by atoms with E-state index in [1.807, 2.05) is 37.3 Å². The van der Waals surface area contributed by atoms with Gasteiger partial charge in [0.1, 0.15) is 18.2 Å². The van der Waals surface area contributed by atoms with Crippen LogP contribution >= 0.6 is 31.9 Å². The van der Waals surface area contributed by atoms with E-state index >= 15 is 0 Å². The molecule has 1 heterocycles. The number of nitrogens with zero attached hydrogens (tertiary/aromatic N) is 1. The van der Waals surface area contributed by atoms with Crippen molar-refractivity contribution in [1.82, 2.24) is 4.98 Å². The predicted octanol–water partition coefficient (Wildman–Crippen LogP) is 4.62. The van der Waals surface area contributed by atoms with Gasteiger partial charge in [-0.2, -0.15) is 0 Å². The van der Waals surface area contributed by atoms with Crippen LogP contribution in [0.15, 0.2) is 45.5 Å². The molecule has 0 bridgehead atoms. The van der Waals surface area contributed by atoms with E-state index in [2.05, 4.69) is 42.2 Å². The first-order valence-corrected chi connectivity index (χ1v) is 7.55. The number of benzene rings is 1. The van der Waals surface area contributed by atoms with Gasteiger partial charge >= 0.3 is 0 Å². The Labute approximate surface area is 129 Å². The molecule has 0 saturated heterocycles.